The highest BCUT2D eigenvalue weighted by molar-refractivity contribution is 6.30. The molecule has 0 saturated heterocycles. The highest BCUT2D eigenvalue weighted by atomic mass is 35.5. The second kappa shape index (κ2) is 8.80. The van der Waals surface area contributed by atoms with E-state index in [4.69, 9.17) is 21.1 Å². The van der Waals surface area contributed by atoms with Crippen molar-refractivity contribution in [3.8, 4) is 5.75 Å². The van der Waals surface area contributed by atoms with Crippen LogP contribution in [-0.4, -0.2) is 25.0 Å². The summed E-state index contributed by atoms with van der Waals surface area (Å²) >= 11 is 5.77. The lowest BCUT2D eigenvalue weighted by Gasteiger charge is -2.08. The summed E-state index contributed by atoms with van der Waals surface area (Å²) in [5.41, 5.74) is 0.821. The minimum atomic E-state index is -0.520. The second-order valence-electron chi connectivity index (χ2n) is 4.67. The number of ether oxygens (including phenoxy) is 2. The molecule has 0 radical (unpaired) electrons. The van der Waals surface area contributed by atoms with Gasteiger partial charge in [-0.3, -0.25) is 9.59 Å². The average molecular weight is 334 g/mol. The number of carbonyl (C=O) groups is 2. The van der Waals surface area contributed by atoms with Gasteiger partial charge in [-0.25, -0.2) is 0 Å². The number of para-hydroxylation sites is 1. The molecule has 0 aliphatic rings. The molecule has 120 valence electrons. The zero-order valence-corrected chi connectivity index (χ0v) is 13.1. The predicted octanol–water partition coefficient (Wildman–Crippen LogP) is 2.58. The van der Waals surface area contributed by atoms with Gasteiger partial charge in [0.15, 0.2) is 6.61 Å². The number of hydrogen-bond acceptors (Lipinski definition) is 4. The van der Waals surface area contributed by atoms with E-state index in [1.807, 2.05) is 6.07 Å². The molecule has 0 bridgehead atoms. The van der Waals surface area contributed by atoms with E-state index in [0.717, 1.165) is 5.56 Å². The minimum Gasteiger partial charge on any atom is -0.484 e. The van der Waals surface area contributed by atoms with Crippen LogP contribution in [0.1, 0.15) is 5.56 Å². The first-order valence-electron chi connectivity index (χ1n) is 6.98. The van der Waals surface area contributed by atoms with Gasteiger partial charge in [0, 0.05) is 5.02 Å². The van der Waals surface area contributed by atoms with Crippen molar-refractivity contribution in [1.29, 1.82) is 0 Å². The van der Waals surface area contributed by atoms with Crippen molar-refractivity contribution < 1.29 is 19.1 Å². The Hall–Kier alpha value is -2.53. The van der Waals surface area contributed by atoms with Crippen molar-refractivity contribution in [2.45, 2.75) is 6.61 Å². The molecule has 2 aromatic carbocycles. The van der Waals surface area contributed by atoms with Crippen molar-refractivity contribution in [3.05, 3.63) is 65.2 Å². The van der Waals surface area contributed by atoms with Gasteiger partial charge in [-0.2, -0.15) is 0 Å². The molecule has 6 heteroatoms. The highest BCUT2D eigenvalue weighted by Crippen LogP contribution is 2.10. The number of rotatable bonds is 7. The van der Waals surface area contributed by atoms with E-state index in [-0.39, 0.29) is 19.8 Å². The second-order valence-corrected chi connectivity index (χ2v) is 5.10. The molecule has 1 N–H and O–H groups in total. The molecule has 0 unspecified atom stereocenters. The molecule has 0 spiro atoms. The largest absolute Gasteiger partial charge is 0.484 e. The Labute approximate surface area is 139 Å². The zero-order chi connectivity index (χ0) is 16.5. The summed E-state index contributed by atoms with van der Waals surface area (Å²) in [4.78, 5) is 23.1. The maximum Gasteiger partial charge on any atom is 0.325 e. The van der Waals surface area contributed by atoms with Gasteiger partial charge in [0.2, 0.25) is 0 Å². The van der Waals surface area contributed by atoms with Crippen LogP contribution in [-0.2, 0) is 20.9 Å². The third kappa shape index (κ3) is 6.40. The SMILES string of the molecule is O=C(COc1ccccc1)NCC(=O)OCc1ccc(Cl)cc1. The quantitative estimate of drug-likeness (QED) is 0.791. The van der Waals surface area contributed by atoms with Gasteiger partial charge in [0.25, 0.3) is 5.91 Å². The van der Waals surface area contributed by atoms with Crippen LogP contribution in [0, 0.1) is 0 Å². The third-order valence-electron chi connectivity index (χ3n) is 2.86. The Kier molecular flexibility index (Phi) is 6.44. The van der Waals surface area contributed by atoms with Gasteiger partial charge < -0.3 is 14.8 Å². The van der Waals surface area contributed by atoms with Crippen molar-refractivity contribution in [3.63, 3.8) is 0 Å². The smallest absolute Gasteiger partial charge is 0.325 e. The minimum absolute atomic E-state index is 0.131. The maximum atomic E-state index is 11.6. The summed E-state index contributed by atoms with van der Waals surface area (Å²) in [5, 5.41) is 3.05. The number of nitrogens with one attached hydrogen (secondary N) is 1. The number of benzene rings is 2. The van der Waals surface area contributed by atoms with Crippen LogP contribution >= 0.6 is 11.6 Å². The Morgan fingerprint density at radius 2 is 1.70 bits per heavy atom. The normalized spacial score (nSPS) is 9.96. The summed E-state index contributed by atoms with van der Waals surface area (Å²) in [6.07, 6.45) is 0. The summed E-state index contributed by atoms with van der Waals surface area (Å²) < 4.78 is 10.3. The standard InChI is InChI=1S/C17H16ClNO4/c18-14-8-6-13(7-9-14)11-23-17(21)10-19-16(20)12-22-15-4-2-1-3-5-15/h1-9H,10-12H2,(H,19,20). The van der Waals surface area contributed by atoms with Gasteiger partial charge in [-0.05, 0) is 29.8 Å². The summed E-state index contributed by atoms with van der Waals surface area (Å²) in [5.74, 6) is -0.321. The Morgan fingerprint density at radius 1 is 1.00 bits per heavy atom. The van der Waals surface area contributed by atoms with E-state index in [0.29, 0.717) is 10.8 Å². The molecule has 5 nitrogen and oxygen atoms in total. The zero-order valence-electron chi connectivity index (χ0n) is 12.3. The van der Waals surface area contributed by atoms with Crippen LogP contribution in [0.15, 0.2) is 54.6 Å². The molecule has 0 saturated carbocycles. The summed E-state index contributed by atoms with van der Waals surface area (Å²) in [7, 11) is 0. The van der Waals surface area contributed by atoms with Crippen molar-refractivity contribution in [2.75, 3.05) is 13.2 Å². The molecule has 2 aromatic rings. The van der Waals surface area contributed by atoms with E-state index < -0.39 is 11.9 Å². The van der Waals surface area contributed by atoms with Gasteiger partial charge >= 0.3 is 5.97 Å². The van der Waals surface area contributed by atoms with Gasteiger partial charge in [0.1, 0.15) is 18.9 Å². The van der Waals surface area contributed by atoms with E-state index >= 15 is 0 Å². The lowest BCUT2D eigenvalue weighted by Crippen LogP contribution is -2.34. The van der Waals surface area contributed by atoms with E-state index in [1.54, 1.807) is 48.5 Å². The van der Waals surface area contributed by atoms with Crippen LogP contribution in [0.25, 0.3) is 0 Å². The number of amides is 1. The van der Waals surface area contributed by atoms with Crippen molar-refractivity contribution >= 4 is 23.5 Å². The van der Waals surface area contributed by atoms with Crippen LogP contribution in [0.5, 0.6) is 5.75 Å². The molecular weight excluding hydrogens is 318 g/mol. The van der Waals surface area contributed by atoms with Crippen molar-refractivity contribution in [2.24, 2.45) is 0 Å². The molecule has 0 heterocycles. The maximum absolute atomic E-state index is 11.6. The number of esters is 1. The van der Waals surface area contributed by atoms with Crippen LogP contribution in [0.3, 0.4) is 0 Å². The number of halogens is 1. The molecule has 0 aliphatic heterocycles. The van der Waals surface area contributed by atoms with E-state index in [1.165, 1.54) is 0 Å². The first-order chi connectivity index (χ1) is 11.1. The Balaban J connectivity index is 1.63. The van der Waals surface area contributed by atoms with E-state index in [9.17, 15) is 9.59 Å². The fraction of sp³-hybridized carbons (Fsp3) is 0.176. The van der Waals surface area contributed by atoms with Gasteiger partial charge in [-0.15, -0.1) is 0 Å². The lowest BCUT2D eigenvalue weighted by atomic mass is 10.2. The molecular formula is C17H16ClNO4. The summed E-state index contributed by atoms with van der Waals surface area (Å²) in [6, 6.07) is 15.9. The third-order valence-corrected chi connectivity index (χ3v) is 3.11. The molecule has 1 amide bonds. The highest BCUT2D eigenvalue weighted by Gasteiger charge is 2.07. The molecule has 23 heavy (non-hydrogen) atoms. The molecule has 0 fully saturated rings. The topological polar surface area (TPSA) is 64.6 Å². The molecule has 0 atom stereocenters. The van der Waals surface area contributed by atoms with Gasteiger partial charge in [0.05, 0.1) is 0 Å². The average Bonchev–Trinajstić information content (AvgIpc) is 2.58. The van der Waals surface area contributed by atoms with Crippen LogP contribution in [0.2, 0.25) is 5.02 Å². The van der Waals surface area contributed by atoms with Gasteiger partial charge in [-0.1, -0.05) is 41.9 Å². The first-order valence-corrected chi connectivity index (χ1v) is 7.36. The fourth-order valence-corrected chi connectivity index (χ4v) is 1.81. The summed E-state index contributed by atoms with van der Waals surface area (Å²) in [6.45, 7) is -0.231. The lowest BCUT2D eigenvalue weighted by molar-refractivity contribution is -0.145. The number of hydrogen-bond donors (Lipinski definition) is 1. The number of carbonyl (C=O) groups excluding carboxylic acids is 2. The fourth-order valence-electron chi connectivity index (χ4n) is 1.68. The predicted molar refractivity (Wildman–Crippen MR) is 86.2 cm³/mol. The Morgan fingerprint density at radius 3 is 2.39 bits per heavy atom. The first kappa shape index (κ1) is 16.8. The Bertz CT molecular complexity index is 643. The van der Waals surface area contributed by atoms with Crippen LogP contribution < -0.4 is 10.1 Å². The molecule has 0 aliphatic carbocycles. The van der Waals surface area contributed by atoms with E-state index in [2.05, 4.69) is 5.32 Å². The van der Waals surface area contributed by atoms with Crippen molar-refractivity contribution in [1.82, 2.24) is 5.32 Å². The monoisotopic (exact) mass is 333 g/mol. The van der Waals surface area contributed by atoms with Crippen LogP contribution in [0.4, 0.5) is 0 Å². The molecule has 0 aromatic heterocycles. The molecule has 2 rings (SSSR count).